The van der Waals surface area contributed by atoms with Gasteiger partial charge in [-0.15, -0.1) is 0 Å². The van der Waals surface area contributed by atoms with Crippen LogP contribution in [0.4, 0.5) is 0 Å². The van der Waals surface area contributed by atoms with Crippen molar-refractivity contribution in [2.45, 2.75) is 71.3 Å². The minimum absolute atomic E-state index is 0.287. The highest BCUT2D eigenvalue weighted by atomic mass is 16.5. The molecule has 0 saturated carbocycles. The van der Waals surface area contributed by atoms with Crippen LogP contribution >= 0.6 is 0 Å². The number of aliphatic hydroxyl groups excluding tert-OH is 1. The first-order chi connectivity index (χ1) is 15.7. The van der Waals surface area contributed by atoms with E-state index in [1.165, 1.54) is 50.5 Å². The fourth-order valence-corrected chi connectivity index (χ4v) is 3.69. The van der Waals surface area contributed by atoms with Crippen molar-refractivity contribution in [3.05, 3.63) is 66.5 Å². The predicted octanol–water partition coefficient (Wildman–Crippen LogP) is 6.86. The topological polar surface area (TPSA) is 55.2 Å². The molecule has 1 heterocycles. The summed E-state index contributed by atoms with van der Waals surface area (Å²) >= 11 is 0. The minimum Gasteiger partial charge on any atom is -0.491 e. The van der Waals surface area contributed by atoms with Crippen molar-refractivity contribution in [3.8, 4) is 28.3 Å². The van der Waals surface area contributed by atoms with E-state index in [2.05, 4.69) is 41.2 Å². The number of nitrogens with zero attached hydrogens (tertiary/aromatic N) is 2. The highest BCUT2D eigenvalue weighted by Crippen LogP contribution is 2.23. The van der Waals surface area contributed by atoms with E-state index in [4.69, 9.17) is 4.74 Å². The molecule has 170 valence electrons. The van der Waals surface area contributed by atoms with Gasteiger partial charge in [-0.05, 0) is 43.0 Å². The van der Waals surface area contributed by atoms with Crippen LogP contribution in [0.5, 0.6) is 5.75 Å². The maximum Gasteiger partial charge on any atom is 0.159 e. The van der Waals surface area contributed by atoms with E-state index in [0.717, 1.165) is 34.7 Å². The Morgan fingerprint density at radius 3 is 1.97 bits per heavy atom. The van der Waals surface area contributed by atoms with Gasteiger partial charge < -0.3 is 9.84 Å². The molecule has 4 heteroatoms. The van der Waals surface area contributed by atoms with Crippen LogP contribution in [0.3, 0.4) is 0 Å². The maximum atomic E-state index is 9.32. The monoisotopic (exact) mass is 432 g/mol. The summed E-state index contributed by atoms with van der Waals surface area (Å²) in [5.41, 5.74) is 4.43. The molecule has 0 saturated heterocycles. The van der Waals surface area contributed by atoms with Crippen molar-refractivity contribution in [2.75, 3.05) is 6.61 Å². The van der Waals surface area contributed by atoms with Crippen LogP contribution in [0.15, 0.2) is 60.9 Å². The number of unbranched alkanes of at least 4 members (excludes halogenated alkanes) is 6. The summed E-state index contributed by atoms with van der Waals surface area (Å²) in [6.07, 6.45) is 13.8. The third kappa shape index (κ3) is 7.76. The lowest BCUT2D eigenvalue weighted by molar-refractivity contribution is 0.123. The smallest absolute Gasteiger partial charge is 0.159 e. The largest absolute Gasteiger partial charge is 0.491 e. The van der Waals surface area contributed by atoms with Gasteiger partial charge in [0.05, 0.1) is 6.10 Å². The Hall–Kier alpha value is -2.72. The molecule has 1 N–H and O–H groups in total. The molecule has 1 aromatic heterocycles. The van der Waals surface area contributed by atoms with E-state index in [9.17, 15) is 5.11 Å². The van der Waals surface area contributed by atoms with Gasteiger partial charge >= 0.3 is 0 Å². The van der Waals surface area contributed by atoms with E-state index < -0.39 is 6.10 Å². The van der Waals surface area contributed by atoms with Gasteiger partial charge in [0.2, 0.25) is 0 Å². The molecule has 3 rings (SSSR count). The van der Waals surface area contributed by atoms with Gasteiger partial charge in [0.1, 0.15) is 12.4 Å². The zero-order chi connectivity index (χ0) is 22.6. The molecule has 1 atom stereocenters. The average Bonchev–Trinajstić information content (AvgIpc) is 2.83. The van der Waals surface area contributed by atoms with Crippen molar-refractivity contribution in [1.82, 2.24) is 9.97 Å². The zero-order valence-corrected chi connectivity index (χ0v) is 19.5. The molecule has 32 heavy (non-hydrogen) atoms. The molecule has 2 aromatic carbocycles. The normalized spacial score (nSPS) is 12.0. The Bertz CT molecular complexity index is 904. The van der Waals surface area contributed by atoms with Gasteiger partial charge in [0, 0.05) is 23.5 Å². The first kappa shape index (κ1) is 23.9. The number of aromatic nitrogens is 2. The lowest BCUT2D eigenvalue weighted by Gasteiger charge is -2.09. The fourth-order valence-electron chi connectivity index (χ4n) is 3.69. The van der Waals surface area contributed by atoms with Crippen molar-refractivity contribution in [1.29, 1.82) is 0 Å². The molecule has 0 aliphatic heterocycles. The Morgan fingerprint density at radius 2 is 1.34 bits per heavy atom. The SMILES string of the molecule is CCCCCCCCCc1ccc(-c2ncc(-c3ccc(OCC(C)O)cc3)cn2)cc1. The fraction of sp³-hybridized carbons (Fsp3) is 0.429. The lowest BCUT2D eigenvalue weighted by atomic mass is 10.0. The predicted molar refractivity (Wildman–Crippen MR) is 132 cm³/mol. The number of benzene rings is 2. The van der Waals surface area contributed by atoms with Crippen LogP contribution in [-0.2, 0) is 6.42 Å². The van der Waals surface area contributed by atoms with Crippen molar-refractivity contribution in [2.24, 2.45) is 0 Å². The van der Waals surface area contributed by atoms with Crippen molar-refractivity contribution in [3.63, 3.8) is 0 Å². The second kappa shape index (κ2) is 13.0. The first-order valence-electron chi connectivity index (χ1n) is 12.0. The molecule has 3 aromatic rings. The number of rotatable bonds is 13. The number of ether oxygens (including phenoxy) is 1. The standard InChI is InChI=1S/C28H36N2O2/c1-3-4-5-6-7-8-9-10-23-11-13-25(14-12-23)28-29-19-26(20-30-28)24-15-17-27(18-16-24)32-21-22(2)31/h11-20,22,31H,3-10,21H2,1-2H3. The molecule has 0 bridgehead atoms. The maximum absolute atomic E-state index is 9.32. The zero-order valence-electron chi connectivity index (χ0n) is 19.5. The summed E-state index contributed by atoms with van der Waals surface area (Å²) in [5, 5.41) is 9.32. The minimum atomic E-state index is -0.481. The molecule has 0 radical (unpaired) electrons. The third-order valence-corrected chi connectivity index (χ3v) is 5.61. The van der Waals surface area contributed by atoms with Gasteiger partial charge in [0.15, 0.2) is 5.82 Å². The van der Waals surface area contributed by atoms with Crippen molar-refractivity contribution < 1.29 is 9.84 Å². The third-order valence-electron chi connectivity index (χ3n) is 5.61. The molecule has 4 nitrogen and oxygen atoms in total. The van der Waals surface area contributed by atoms with E-state index in [0.29, 0.717) is 0 Å². The van der Waals surface area contributed by atoms with Crippen molar-refractivity contribution >= 4 is 0 Å². The lowest BCUT2D eigenvalue weighted by Crippen LogP contribution is -2.12. The van der Waals surface area contributed by atoms with E-state index in [-0.39, 0.29) is 6.61 Å². The molecule has 0 aliphatic rings. The van der Waals surface area contributed by atoms with Crippen LogP contribution in [0.1, 0.15) is 64.4 Å². The average molecular weight is 433 g/mol. The summed E-state index contributed by atoms with van der Waals surface area (Å²) in [6, 6.07) is 16.4. The molecular weight excluding hydrogens is 396 g/mol. The second-order valence-corrected chi connectivity index (χ2v) is 8.55. The Balaban J connectivity index is 1.50. The molecular formula is C28H36N2O2. The summed E-state index contributed by atoms with van der Waals surface area (Å²) in [7, 11) is 0. The molecule has 0 fully saturated rings. The highest BCUT2D eigenvalue weighted by molar-refractivity contribution is 5.64. The van der Waals surface area contributed by atoms with Crippen LogP contribution in [-0.4, -0.2) is 27.8 Å². The molecule has 0 amide bonds. The van der Waals surface area contributed by atoms with E-state index in [1.54, 1.807) is 6.92 Å². The molecule has 0 aliphatic carbocycles. The van der Waals surface area contributed by atoms with Gasteiger partial charge in [0.25, 0.3) is 0 Å². The number of hydrogen-bond donors (Lipinski definition) is 1. The van der Waals surface area contributed by atoms with Gasteiger partial charge in [-0.3, -0.25) is 0 Å². The van der Waals surface area contributed by atoms with Crippen LogP contribution in [0.25, 0.3) is 22.5 Å². The van der Waals surface area contributed by atoms with Gasteiger partial charge in [-0.2, -0.15) is 0 Å². The molecule has 0 spiro atoms. The number of aryl methyl sites for hydroxylation is 1. The summed E-state index contributed by atoms with van der Waals surface area (Å²) < 4.78 is 5.51. The van der Waals surface area contributed by atoms with Crippen LogP contribution in [0, 0.1) is 0 Å². The van der Waals surface area contributed by atoms with Crippen LogP contribution < -0.4 is 4.74 Å². The highest BCUT2D eigenvalue weighted by Gasteiger charge is 2.05. The second-order valence-electron chi connectivity index (χ2n) is 8.55. The summed E-state index contributed by atoms with van der Waals surface area (Å²) in [6.45, 7) is 4.26. The first-order valence-corrected chi connectivity index (χ1v) is 12.0. The van der Waals surface area contributed by atoms with E-state index >= 15 is 0 Å². The Kier molecular flexibility index (Phi) is 9.70. The quantitative estimate of drug-likeness (QED) is 0.300. The van der Waals surface area contributed by atoms with E-state index in [1.807, 2.05) is 36.7 Å². The molecule has 1 unspecified atom stereocenters. The van der Waals surface area contributed by atoms with Gasteiger partial charge in [-0.25, -0.2) is 9.97 Å². The Labute approximate surface area is 192 Å². The van der Waals surface area contributed by atoms with Gasteiger partial charge in [-0.1, -0.05) is 81.8 Å². The van der Waals surface area contributed by atoms with Crippen LogP contribution in [0.2, 0.25) is 0 Å². The summed E-state index contributed by atoms with van der Waals surface area (Å²) in [4.78, 5) is 9.14. The number of aliphatic hydroxyl groups is 1. The summed E-state index contributed by atoms with van der Waals surface area (Å²) in [5.74, 6) is 1.48. The Morgan fingerprint density at radius 1 is 0.750 bits per heavy atom. The number of hydrogen-bond acceptors (Lipinski definition) is 4.